The minimum Gasteiger partial charge on any atom is -0.453 e. The number of hydrogen-bond donors (Lipinski definition) is 1. The van der Waals surface area contributed by atoms with E-state index in [1.54, 1.807) is 29.7 Å². The van der Waals surface area contributed by atoms with Crippen molar-refractivity contribution >= 4 is 27.2 Å². The second-order valence-corrected chi connectivity index (χ2v) is 5.91. The maximum absolute atomic E-state index is 13.8. The summed E-state index contributed by atoms with van der Waals surface area (Å²) in [5, 5.41) is 0. The molecule has 3 nitrogen and oxygen atoms in total. The van der Waals surface area contributed by atoms with Crippen LogP contribution in [0.1, 0.15) is 18.2 Å². The van der Waals surface area contributed by atoms with Gasteiger partial charge in [-0.3, -0.25) is 4.98 Å². The number of thiophene rings is 1. The van der Waals surface area contributed by atoms with E-state index in [2.05, 4.69) is 18.0 Å². The number of nitrogen functional groups attached to an aromatic ring is 1. The molecule has 0 aliphatic heterocycles. The molecule has 0 aliphatic rings. The Kier molecular flexibility index (Phi) is 3.75. The first-order valence-electron chi connectivity index (χ1n) is 6.77. The molecular formula is C16H15FN2OS. The number of anilines is 1. The zero-order valence-corrected chi connectivity index (χ0v) is 12.4. The largest absolute Gasteiger partial charge is 0.453 e. The summed E-state index contributed by atoms with van der Waals surface area (Å²) >= 11 is 1.64. The Hall–Kier alpha value is -2.14. The third kappa shape index (κ3) is 2.83. The quantitative estimate of drug-likeness (QED) is 0.707. The van der Waals surface area contributed by atoms with Crippen molar-refractivity contribution in [2.24, 2.45) is 0 Å². The molecule has 0 aliphatic carbocycles. The highest BCUT2D eigenvalue weighted by molar-refractivity contribution is 7.19. The zero-order chi connectivity index (χ0) is 14.8. The van der Waals surface area contributed by atoms with E-state index in [-0.39, 0.29) is 5.75 Å². The summed E-state index contributed by atoms with van der Waals surface area (Å²) in [7, 11) is 0. The van der Waals surface area contributed by atoms with Gasteiger partial charge in [0, 0.05) is 28.9 Å². The third-order valence-corrected chi connectivity index (χ3v) is 4.30. The highest BCUT2D eigenvalue weighted by Gasteiger charge is 2.11. The first kappa shape index (κ1) is 13.8. The van der Waals surface area contributed by atoms with Gasteiger partial charge in [0.15, 0.2) is 11.6 Å². The Morgan fingerprint density at radius 1 is 1.24 bits per heavy atom. The van der Waals surface area contributed by atoms with Gasteiger partial charge in [0.05, 0.1) is 10.2 Å². The van der Waals surface area contributed by atoms with Crippen LogP contribution in [0.15, 0.2) is 36.5 Å². The van der Waals surface area contributed by atoms with E-state index in [9.17, 15) is 4.39 Å². The van der Waals surface area contributed by atoms with Crippen molar-refractivity contribution in [3.8, 4) is 11.5 Å². The van der Waals surface area contributed by atoms with Crippen molar-refractivity contribution < 1.29 is 9.13 Å². The van der Waals surface area contributed by atoms with Gasteiger partial charge in [-0.1, -0.05) is 13.3 Å². The van der Waals surface area contributed by atoms with E-state index in [0.29, 0.717) is 11.4 Å². The first-order chi connectivity index (χ1) is 10.2. The molecule has 0 atom stereocenters. The predicted octanol–water partition coefficient (Wildman–Crippen LogP) is 4.76. The predicted molar refractivity (Wildman–Crippen MR) is 84.5 cm³/mol. The molecule has 0 radical (unpaired) electrons. The molecule has 2 heterocycles. The number of nitrogens with zero attached hydrogens (tertiary/aromatic N) is 1. The topological polar surface area (TPSA) is 48.1 Å². The summed E-state index contributed by atoms with van der Waals surface area (Å²) in [4.78, 5) is 5.60. The van der Waals surface area contributed by atoms with Gasteiger partial charge in [0.25, 0.3) is 0 Å². The van der Waals surface area contributed by atoms with Gasteiger partial charge < -0.3 is 10.5 Å². The maximum Gasteiger partial charge on any atom is 0.167 e. The molecule has 0 amide bonds. The van der Waals surface area contributed by atoms with Gasteiger partial charge in [-0.2, -0.15) is 0 Å². The van der Waals surface area contributed by atoms with Crippen LogP contribution >= 0.6 is 11.3 Å². The van der Waals surface area contributed by atoms with Crippen molar-refractivity contribution in [1.82, 2.24) is 4.98 Å². The number of benzene rings is 1. The van der Waals surface area contributed by atoms with Crippen LogP contribution in [0.5, 0.6) is 11.5 Å². The average Bonchev–Trinajstić information content (AvgIpc) is 2.86. The molecule has 3 aromatic rings. The van der Waals surface area contributed by atoms with Crippen molar-refractivity contribution in [2.75, 3.05) is 5.73 Å². The van der Waals surface area contributed by atoms with Crippen molar-refractivity contribution in [3.05, 3.63) is 47.2 Å². The fourth-order valence-electron chi connectivity index (χ4n) is 2.13. The fraction of sp³-hybridized carbons (Fsp3) is 0.188. The van der Waals surface area contributed by atoms with Crippen molar-refractivity contribution in [3.63, 3.8) is 0 Å². The molecule has 2 aromatic heterocycles. The smallest absolute Gasteiger partial charge is 0.167 e. The summed E-state index contributed by atoms with van der Waals surface area (Å²) in [6.45, 7) is 2.14. The average molecular weight is 302 g/mol. The molecule has 1 aromatic carbocycles. The molecule has 2 N–H and O–H groups in total. The summed E-state index contributed by atoms with van der Waals surface area (Å²) in [6.07, 6.45) is 3.77. The van der Waals surface area contributed by atoms with E-state index in [1.165, 1.54) is 17.0 Å². The number of fused-ring (bicyclic) bond motifs is 1. The SMILES string of the molecule is CCCc1cc2nccc(Oc3ccc(N)cc3F)c2s1. The molecule has 21 heavy (non-hydrogen) atoms. The zero-order valence-electron chi connectivity index (χ0n) is 11.6. The van der Waals surface area contributed by atoms with Gasteiger partial charge in [-0.15, -0.1) is 11.3 Å². The molecule has 0 bridgehead atoms. The van der Waals surface area contributed by atoms with Gasteiger partial charge in [0.1, 0.15) is 5.75 Å². The molecule has 0 spiro atoms. The van der Waals surface area contributed by atoms with E-state index >= 15 is 0 Å². The third-order valence-electron chi connectivity index (χ3n) is 3.10. The van der Waals surface area contributed by atoms with E-state index in [4.69, 9.17) is 10.5 Å². The number of pyridine rings is 1. The number of aryl methyl sites for hydroxylation is 1. The highest BCUT2D eigenvalue weighted by Crippen LogP contribution is 2.36. The molecule has 0 saturated heterocycles. The summed E-state index contributed by atoms with van der Waals surface area (Å²) in [5.74, 6) is 0.323. The Morgan fingerprint density at radius 2 is 2.10 bits per heavy atom. The summed E-state index contributed by atoms with van der Waals surface area (Å²) < 4.78 is 20.5. The number of ether oxygens (including phenoxy) is 1. The molecule has 108 valence electrons. The molecule has 5 heteroatoms. The Morgan fingerprint density at radius 3 is 2.86 bits per heavy atom. The van der Waals surface area contributed by atoms with Gasteiger partial charge in [0.2, 0.25) is 0 Å². The fourth-order valence-corrected chi connectivity index (χ4v) is 3.30. The monoisotopic (exact) mass is 302 g/mol. The number of aromatic nitrogens is 1. The van der Waals surface area contributed by atoms with Gasteiger partial charge >= 0.3 is 0 Å². The van der Waals surface area contributed by atoms with Crippen LogP contribution in [0.3, 0.4) is 0 Å². The van der Waals surface area contributed by atoms with Crippen LogP contribution in [0.4, 0.5) is 10.1 Å². The number of nitrogens with two attached hydrogens (primary N) is 1. The maximum atomic E-state index is 13.8. The van der Waals surface area contributed by atoms with Crippen molar-refractivity contribution in [1.29, 1.82) is 0 Å². The lowest BCUT2D eigenvalue weighted by Crippen LogP contribution is -1.91. The van der Waals surface area contributed by atoms with Crippen LogP contribution in [-0.2, 0) is 6.42 Å². The van der Waals surface area contributed by atoms with E-state index < -0.39 is 5.82 Å². The lowest BCUT2D eigenvalue weighted by molar-refractivity contribution is 0.447. The minimum absolute atomic E-state index is 0.169. The molecule has 0 unspecified atom stereocenters. The minimum atomic E-state index is -0.467. The highest BCUT2D eigenvalue weighted by atomic mass is 32.1. The van der Waals surface area contributed by atoms with Gasteiger partial charge in [-0.25, -0.2) is 4.39 Å². The van der Waals surface area contributed by atoms with E-state index in [0.717, 1.165) is 23.1 Å². The van der Waals surface area contributed by atoms with Crippen LogP contribution in [0.2, 0.25) is 0 Å². The van der Waals surface area contributed by atoms with Crippen LogP contribution in [-0.4, -0.2) is 4.98 Å². The summed E-state index contributed by atoms with van der Waals surface area (Å²) in [5.41, 5.74) is 6.81. The first-order valence-corrected chi connectivity index (χ1v) is 7.59. The van der Waals surface area contributed by atoms with Gasteiger partial charge in [-0.05, 0) is 24.6 Å². The Balaban J connectivity index is 1.99. The number of hydrogen-bond acceptors (Lipinski definition) is 4. The Labute approximate surface area is 126 Å². The molecular weight excluding hydrogens is 287 g/mol. The lowest BCUT2D eigenvalue weighted by Gasteiger charge is -2.07. The van der Waals surface area contributed by atoms with Crippen LogP contribution in [0, 0.1) is 5.82 Å². The van der Waals surface area contributed by atoms with Crippen LogP contribution < -0.4 is 10.5 Å². The molecule has 0 saturated carbocycles. The number of rotatable bonds is 4. The summed E-state index contributed by atoms with van der Waals surface area (Å²) in [6, 6.07) is 8.23. The molecule has 3 rings (SSSR count). The number of halogens is 1. The van der Waals surface area contributed by atoms with Crippen LogP contribution in [0.25, 0.3) is 10.2 Å². The molecule has 0 fully saturated rings. The standard InChI is InChI=1S/C16H15FN2OS/c1-2-3-11-9-13-16(21-11)15(6-7-19-13)20-14-5-4-10(18)8-12(14)17/h4-9H,2-3,18H2,1H3. The normalized spacial score (nSPS) is 11.0. The van der Waals surface area contributed by atoms with Crippen molar-refractivity contribution in [2.45, 2.75) is 19.8 Å². The second-order valence-electron chi connectivity index (χ2n) is 4.78. The second kappa shape index (κ2) is 5.69. The van der Waals surface area contributed by atoms with E-state index in [1.807, 2.05) is 0 Å². The lowest BCUT2D eigenvalue weighted by atomic mass is 10.2. The Bertz CT molecular complexity index is 785.